The summed E-state index contributed by atoms with van der Waals surface area (Å²) >= 11 is 5.76. The van der Waals surface area contributed by atoms with Crippen molar-refractivity contribution in [1.29, 1.82) is 0 Å². The zero-order chi connectivity index (χ0) is 18.9. The SMILES string of the molecule is CN(C(=O)COC(=O)CCNC(=O)c1ccc(Cl)cc1)c1ccccc1. The van der Waals surface area contributed by atoms with E-state index in [4.69, 9.17) is 16.3 Å². The average molecular weight is 375 g/mol. The van der Waals surface area contributed by atoms with Gasteiger partial charge in [-0.15, -0.1) is 0 Å². The molecule has 6 nitrogen and oxygen atoms in total. The topological polar surface area (TPSA) is 75.7 Å². The predicted octanol–water partition coefficient (Wildman–Crippen LogP) is 2.67. The third-order valence-electron chi connectivity index (χ3n) is 3.60. The van der Waals surface area contributed by atoms with Crippen LogP contribution >= 0.6 is 11.6 Å². The van der Waals surface area contributed by atoms with Gasteiger partial charge in [0.25, 0.3) is 11.8 Å². The van der Waals surface area contributed by atoms with Crippen molar-refractivity contribution in [3.05, 3.63) is 65.2 Å². The number of esters is 1. The van der Waals surface area contributed by atoms with E-state index < -0.39 is 5.97 Å². The number of halogens is 1. The van der Waals surface area contributed by atoms with E-state index in [1.165, 1.54) is 4.90 Å². The van der Waals surface area contributed by atoms with Crippen LogP contribution in [0.15, 0.2) is 54.6 Å². The van der Waals surface area contributed by atoms with Crippen molar-refractivity contribution >= 4 is 35.1 Å². The van der Waals surface area contributed by atoms with Gasteiger partial charge in [-0.1, -0.05) is 29.8 Å². The Kier molecular flexibility index (Phi) is 7.17. The highest BCUT2D eigenvalue weighted by atomic mass is 35.5. The first-order valence-electron chi connectivity index (χ1n) is 7.98. The normalized spacial score (nSPS) is 10.1. The first kappa shape index (κ1) is 19.5. The first-order valence-corrected chi connectivity index (χ1v) is 8.36. The first-order chi connectivity index (χ1) is 12.5. The smallest absolute Gasteiger partial charge is 0.308 e. The highest BCUT2D eigenvalue weighted by Crippen LogP contribution is 2.11. The predicted molar refractivity (Wildman–Crippen MR) is 99.2 cm³/mol. The third-order valence-corrected chi connectivity index (χ3v) is 3.85. The number of hydrogen-bond acceptors (Lipinski definition) is 4. The zero-order valence-electron chi connectivity index (χ0n) is 14.3. The Bertz CT molecular complexity index is 763. The van der Waals surface area contributed by atoms with Crippen LogP contribution in [-0.4, -0.2) is 38.0 Å². The quantitative estimate of drug-likeness (QED) is 0.756. The molecule has 0 spiro atoms. The molecule has 1 N–H and O–H groups in total. The van der Waals surface area contributed by atoms with Crippen molar-refractivity contribution in [2.45, 2.75) is 6.42 Å². The number of ether oxygens (including phenoxy) is 1. The van der Waals surface area contributed by atoms with Crippen LogP contribution in [0.25, 0.3) is 0 Å². The number of para-hydroxylation sites is 1. The fraction of sp³-hybridized carbons (Fsp3) is 0.211. The van der Waals surface area contributed by atoms with Gasteiger partial charge in [-0.25, -0.2) is 0 Å². The monoisotopic (exact) mass is 374 g/mol. The number of hydrogen-bond donors (Lipinski definition) is 1. The van der Waals surface area contributed by atoms with Gasteiger partial charge in [-0.05, 0) is 36.4 Å². The highest BCUT2D eigenvalue weighted by molar-refractivity contribution is 6.30. The molecule has 26 heavy (non-hydrogen) atoms. The van der Waals surface area contributed by atoms with Gasteiger partial charge in [0.2, 0.25) is 0 Å². The maximum absolute atomic E-state index is 12.0. The van der Waals surface area contributed by atoms with Crippen molar-refractivity contribution < 1.29 is 19.1 Å². The third kappa shape index (κ3) is 5.89. The Morgan fingerprint density at radius 3 is 2.35 bits per heavy atom. The number of rotatable bonds is 7. The fourth-order valence-electron chi connectivity index (χ4n) is 2.09. The summed E-state index contributed by atoms with van der Waals surface area (Å²) in [6.45, 7) is -0.238. The summed E-state index contributed by atoms with van der Waals surface area (Å²) in [5.41, 5.74) is 1.16. The summed E-state index contributed by atoms with van der Waals surface area (Å²) in [5, 5.41) is 3.14. The summed E-state index contributed by atoms with van der Waals surface area (Å²) < 4.78 is 4.95. The van der Waals surface area contributed by atoms with Crippen LogP contribution in [0.3, 0.4) is 0 Å². The zero-order valence-corrected chi connectivity index (χ0v) is 15.0. The van der Waals surface area contributed by atoms with E-state index in [0.29, 0.717) is 16.3 Å². The number of carbonyl (C=O) groups excluding carboxylic acids is 3. The van der Waals surface area contributed by atoms with Crippen molar-refractivity contribution in [2.75, 3.05) is 25.1 Å². The molecule has 0 unspecified atom stereocenters. The number of nitrogens with one attached hydrogen (secondary N) is 1. The lowest BCUT2D eigenvalue weighted by atomic mass is 10.2. The molecular weight excluding hydrogens is 356 g/mol. The molecule has 0 atom stereocenters. The number of nitrogens with zero attached hydrogens (tertiary/aromatic N) is 1. The van der Waals surface area contributed by atoms with Gasteiger partial charge in [-0.3, -0.25) is 14.4 Å². The minimum atomic E-state index is -0.559. The molecule has 0 aliphatic heterocycles. The molecule has 7 heteroatoms. The van der Waals surface area contributed by atoms with Crippen molar-refractivity contribution in [2.24, 2.45) is 0 Å². The highest BCUT2D eigenvalue weighted by Gasteiger charge is 2.13. The van der Waals surface area contributed by atoms with Crippen molar-refractivity contribution in [3.63, 3.8) is 0 Å². The molecule has 2 aromatic carbocycles. The maximum atomic E-state index is 12.0. The second-order valence-electron chi connectivity index (χ2n) is 5.46. The van der Waals surface area contributed by atoms with Crippen molar-refractivity contribution in [1.82, 2.24) is 5.32 Å². The van der Waals surface area contributed by atoms with Crippen LogP contribution in [0.4, 0.5) is 5.69 Å². The molecule has 0 aromatic heterocycles. The molecule has 0 saturated heterocycles. The number of benzene rings is 2. The largest absolute Gasteiger partial charge is 0.455 e. The molecule has 0 saturated carbocycles. The van der Waals surface area contributed by atoms with Crippen LogP contribution in [0, 0.1) is 0 Å². The van der Waals surface area contributed by atoms with Gasteiger partial charge in [0, 0.05) is 29.9 Å². The summed E-state index contributed by atoms with van der Waals surface area (Å²) in [6, 6.07) is 15.4. The molecule has 0 aliphatic carbocycles. The second-order valence-corrected chi connectivity index (χ2v) is 5.90. The van der Waals surface area contributed by atoms with Gasteiger partial charge < -0.3 is 15.0 Å². The van der Waals surface area contributed by atoms with E-state index in [2.05, 4.69) is 5.32 Å². The molecule has 2 aromatic rings. The van der Waals surface area contributed by atoms with Crippen molar-refractivity contribution in [3.8, 4) is 0 Å². The number of likely N-dealkylation sites (N-methyl/N-ethyl adjacent to an activating group) is 1. The Balaban J connectivity index is 1.69. The molecule has 0 fully saturated rings. The number of anilines is 1. The molecular formula is C19H19ClN2O4. The van der Waals surface area contributed by atoms with E-state index in [9.17, 15) is 14.4 Å². The molecule has 2 amide bonds. The van der Waals surface area contributed by atoms with E-state index in [-0.39, 0.29) is 31.4 Å². The molecule has 0 bridgehead atoms. The Labute approximate surface area is 156 Å². The van der Waals surface area contributed by atoms with Gasteiger partial charge in [-0.2, -0.15) is 0 Å². The van der Waals surface area contributed by atoms with E-state index >= 15 is 0 Å². The Morgan fingerprint density at radius 1 is 1.04 bits per heavy atom. The Morgan fingerprint density at radius 2 is 1.69 bits per heavy atom. The lowest BCUT2D eigenvalue weighted by Gasteiger charge is -2.17. The molecule has 0 heterocycles. The lowest BCUT2D eigenvalue weighted by Crippen LogP contribution is -2.32. The molecule has 136 valence electrons. The van der Waals surface area contributed by atoms with E-state index in [1.54, 1.807) is 43.4 Å². The van der Waals surface area contributed by atoms with E-state index in [0.717, 1.165) is 0 Å². The van der Waals surface area contributed by atoms with Crippen LogP contribution < -0.4 is 10.2 Å². The maximum Gasteiger partial charge on any atom is 0.308 e. The lowest BCUT2D eigenvalue weighted by molar-refractivity contribution is -0.147. The van der Waals surface area contributed by atoms with Gasteiger partial charge >= 0.3 is 5.97 Å². The molecule has 0 radical (unpaired) electrons. The van der Waals surface area contributed by atoms with Crippen LogP contribution in [0.5, 0.6) is 0 Å². The van der Waals surface area contributed by atoms with Gasteiger partial charge in [0.05, 0.1) is 6.42 Å². The standard InChI is InChI=1S/C19H19ClN2O4/c1-22(16-5-3-2-4-6-16)17(23)13-26-18(24)11-12-21-19(25)14-7-9-15(20)10-8-14/h2-10H,11-13H2,1H3,(H,21,25). The number of amides is 2. The van der Waals surface area contributed by atoms with Crippen LogP contribution in [0.1, 0.15) is 16.8 Å². The molecule has 0 aliphatic rings. The summed E-state index contributed by atoms with van der Waals surface area (Å²) in [4.78, 5) is 37.0. The minimum absolute atomic E-state index is 0.0261. The summed E-state index contributed by atoms with van der Waals surface area (Å²) in [6.07, 6.45) is -0.0261. The van der Waals surface area contributed by atoms with Crippen LogP contribution in [-0.2, 0) is 14.3 Å². The average Bonchev–Trinajstić information content (AvgIpc) is 2.66. The van der Waals surface area contributed by atoms with Crippen LogP contribution in [0.2, 0.25) is 5.02 Å². The summed E-state index contributed by atoms with van der Waals surface area (Å²) in [7, 11) is 1.61. The Hall–Kier alpha value is -2.86. The minimum Gasteiger partial charge on any atom is -0.455 e. The second kappa shape index (κ2) is 9.58. The number of carbonyl (C=O) groups is 3. The van der Waals surface area contributed by atoms with Gasteiger partial charge in [0.1, 0.15) is 0 Å². The van der Waals surface area contributed by atoms with Gasteiger partial charge in [0.15, 0.2) is 6.61 Å². The summed E-state index contributed by atoms with van der Waals surface area (Å²) in [5.74, 6) is -1.21. The van der Waals surface area contributed by atoms with E-state index in [1.807, 2.05) is 18.2 Å². The fourth-order valence-corrected chi connectivity index (χ4v) is 2.21. The molecule has 2 rings (SSSR count).